The number of rotatable bonds is 8. The highest BCUT2D eigenvalue weighted by Gasteiger charge is 2.17. The Labute approximate surface area is 195 Å². The zero-order valence-electron chi connectivity index (χ0n) is 18.3. The molecule has 6 heteroatoms. The van der Waals surface area contributed by atoms with Gasteiger partial charge in [-0.3, -0.25) is 0 Å². The number of halogens is 1. The molecule has 1 aliphatic carbocycles. The number of nitrogens with two attached hydrogens (primary N) is 1. The smallest absolute Gasteiger partial charge is 0.149 e. The molecule has 0 radical (unpaired) electrons. The van der Waals surface area contributed by atoms with Gasteiger partial charge in [0.05, 0.1) is 17.6 Å². The van der Waals surface area contributed by atoms with Gasteiger partial charge in [0.25, 0.3) is 0 Å². The fourth-order valence-electron chi connectivity index (χ4n) is 4.38. The lowest BCUT2D eigenvalue weighted by Gasteiger charge is -2.22. The topological polar surface area (TPSA) is 84.1 Å². The second-order valence-electron chi connectivity index (χ2n) is 8.71. The average Bonchev–Trinajstić information content (AvgIpc) is 2.81. The highest BCUT2D eigenvalue weighted by molar-refractivity contribution is 6.30. The maximum atomic E-state index is 10.7. The van der Waals surface area contributed by atoms with Crippen LogP contribution in [0.2, 0.25) is 5.02 Å². The fourth-order valence-corrected chi connectivity index (χ4v) is 4.51. The molecule has 5 nitrogen and oxygen atoms in total. The van der Waals surface area contributed by atoms with Crippen LogP contribution >= 0.6 is 11.6 Å². The third kappa shape index (κ3) is 6.21. The van der Waals surface area contributed by atoms with Crippen molar-refractivity contribution in [3.05, 3.63) is 71.0 Å². The lowest BCUT2D eigenvalue weighted by Crippen LogP contribution is -2.23. The van der Waals surface area contributed by atoms with Gasteiger partial charge < -0.3 is 16.2 Å². The summed E-state index contributed by atoms with van der Waals surface area (Å²) in [4.78, 5) is 9.59. The van der Waals surface area contributed by atoms with Crippen LogP contribution in [0.1, 0.15) is 49.8 Å². The first kappa shape index (κ1) is 22.6. The fraction of sp³-hybridized carbons (Fsp3) is 0.385. The van der Waals surface area contributed by atoms with Crippen molar-refractivity contribution in [2.45, 2.75) is 57.6 Å². The van der Waals surface area contributed by atoms with E-state index >= 15 is 0 Å². The van der Waals surface area contributed by atoms with Crippen molar-refractivity contribution in [2.24, 2.45) is 5.92 Å². The molecule has 0 spiro atoms. The van der Waals surface area contributed by atoms with E-state index in [1.807, 2.05) is 48.5 Å². The predicted molar refractivity (Wildman–Crippen MR) is 132 cm³/mol. The van der Waals surface area contributed by atoms with Gasteiger partial charge in [-0.25, -0.2) is 9.97 Å². The molecule has 0 amide bonds. The lowest BCUT2D eigenvalue weighted by atomic mass is 9.86. The van der Waals surface area contributed by atoms with Gasteiger partial charge in [-0.1, -0.05) is 68.0 Å². The third-order valence-corrected chi connectivity index (χ3v) is 6.46. The lowest BCUT2D eigenvalue weighted by molar-refractivity contribution is 0.203. The SMILES string of the molecule is Nc1ccc(-c2cnc(NC(O)Cc3ccc(Cl)cc3)c(CCC3CCCCC3)n2)cc1. The Morgan fingerprint density at radius 1 is 1.03 bits per heavy atom. The number of aromatic nitrogens is 2. The van der Waals surface area contributed by atoms with Crippen LogP contribution in [0, 0.1) is 5.92 Å². The van der Waals surface area contributed by atoms with E-state index in [0.29, 0.717) is 17.3 Å². The number of aliphatic hydroxyl groups is 1. The zero-order chi connectivity index (χ0) is 22.3. The molecule has 1 heterocycles. The second-order valence-corrected chi connectivity index (χ2v) is 9.14. The molecule has 0 bridgehead atoms. The Balaban J connectivity index is 1.51. The Kier molecular flexibility index (Phi) is 7.61. The van der Waals surface area contributed by atoms with Crippen molar-refractivity contribution in [1.29, 1.82) is 0 Å². The number of aliphatic hydroxyl groups excluding tert-OH is 1. The van der Waals surface area contributed by atoms with Gasteiger partial charge in [0.1, 0.15) is 12.0 Å². The van der Waals surface area contributed by atoms with E-state index in [-0.39, 0.29) is 0 Å². The minimum atomic E-state index is -0.763. The van der Waals surface area contributed by atoms with E-state index in [2.05, 4.69) is 10.3 Å². The number of benzene rings is 2. The van der Waals surface area contributed by atoms with E-state index in [4.69, 9.17) is 22.3 Å². The summed E-state index contributed by atoms with van der Waals surface area (Å²) in [6, 6.07) is 15.2. The molecule has 1 aromatic heterocycles. The molecule has 32 heavy (non-hydrogen) atoms. The Morgan fingerprint density at radius 2 is 1.75 bits per heavy atom. The van der Waals surface area contributed by atoms with Crippen LogP contribution in [0.15, 0.2) is 54.7 Å². The second kappa shape index (κ2) is 10.8. The van der Waals surface area contributed by atoms with Crippen molar-refractivity contribution in [1.82, 2.24) is 9.97 Å². The van der Waals surface area contributed by atoms with Gasteiger partial charge in [-0.2, -0.15) is 0 Å². The summed E-state index contributed by atoms with van der Waals surface area (Å²) in [6.07, 6.45) is 10.00. The van der Waals surface area contributed by atoms with Crippen LogP contribution in [0.4, 0.5) is 11.5 Å². The predicted octanol–water partition coefficient (Wildman–Crippen LogP) is 5.87. The molecular formula is C26H31ClN4O. The number of aryl methyl sites for hydroxylation is 1. The van der Waals surface area contributed by atoms with Gasteiger partial charge in [0, 0.05) is 22.7 Å². The number of nitrogen functional groups attached to an aromatic ring is 1. The molecular weight excluding hydrogens is 420 g/mol. The van der Waals surface area contributed by atoms with Gasteiger partial charge in [-0.15, -0.1) is 0 Å². The number of nitrogens with zero attached hydrogens (tertiary/aromatic N) is 2. The minimum absolute atomic E-state index is 0.459. The first-order valence-corrected chi connectivity index (χ1v) is 11.9. The molecule has 1 aliphatic rings. The number of hydrogen-bond donors (Lipinski definition) is 3. The molecule has 4 rings (SSSR count). The summed E-state index contributed by atoms with van der Waals surface area (Å²) in [5, 5.41) is 14.5. The van der Waals surface area contributed by atoms with Crippen molar-refractivity contribution in [3.8, 4) is 11.3 Å². The molecule has 4 N–H and O–H groups in total. The maximum Gasteiger partial charge on any atom is 0.149 e. The monoisotopic (exact) mass is 450 g/mol. The van der Waals surface area contributed by atoms with E-state index in [1.54, 1.807) is 6.20 Å². The minimum Gasteiger partial charge on any atom is -0.399 e. The summed E-state index contributed by atoms with van der Waals surface area (Å²) in [5.41, 5.74) is 10.3. The highest BCUT2D eigenvalue weighted by atomic mass is 35.5. The molecule has 1 unspecified atom stereocenters. The van der Waals surface area contributed by atoms with Crippen molar-refractivity contribution in [2.75, 3.05) is 11.1 Å². The quantitative estimate of drug-likeness (QED) is 0.295. The molecule has 1 saturated carbocycles. The van der Waals surface area contributed by atoms with Crippen LogP contribution in [-0.2, 0) is 12.8 Å². The molecule has 168 valence electrons. The van der Waals surface area contributed by atoms with E-state index in [9.17, 15) is 5.11 Å². The van der Waals surface area contributed by atoms with Crippen molar-refractivity contribution < 1.29 is 5.11 Å². The molecule has 2 aromatic carbocycles. The van der Waals surface area contributed by atoms with Crippen molar-refractivity contribution >= 4 is 23.1 Å². The normalized spacial score (nSPS) is 15.4. The molecule has 1 atom stereocenters. The zero-order valence-corrected chi connectivity index (χ0v) is 19.1. The van der Waals surface area contributed by atoms with Crippen LogP contribution in [-0.4, -0.2) is 21.3 Å². The Hall–Kier alpha value is -2.63. The van der Waals surface area contributed by atoms with E-state index in [1.165, 1.54) is 32.1 Å². The summed E-state index contributed by atoms with van der Waals surface area (Å²) in [6.45, 7) is 0. The maximum absolute atomic E-state index is 10.7. The summed E-state index contributed by atoms with van der Waals surface area (Å²) in [7, 11) is 0. The molecule has 3 aromatic rings. The Bertz CT molecular complexity index is 1000. The van der Waals surface area contributed by atoms with Crippen LogP contribution in [0.3, 0.4) is 0 Å². The largest absolute Gasteiger partial charge is 0.399 e. The van der Waals surface area contributed by atoms with Gasteiger partial charge in [0.15, 0.2) is 0 Å². The summed E-state index contributed by atoms with van der Waals surface area (Å²) in [5.74, 6) is 1.40. The number of nitrogens with one attached hydrogen (secondary N) is 1. The molecule has 1 fully saturated rings. The number of hydrogen-bond acceptors (Lipinski definition) is 5. The van der Waals surface area contributed by atoms with E-state index < -0.39 is 6.23 Å². The van der Waals surface area contributed by atoms with Crippen LogP contribution in [0.5, 0.6) is 0 Å². The van der Waals surface area contributed by atoms with Crippen molar-refractivity contribution in [3.63, 3.8) is 0 Å². The summed E-state index contributed by atoms with van der Waals surface area (Å²) >= 11 is 5.97. The van der Waals surface area contributed by atoms with Gasteiger partial charge in [-0.05, 0) is 48.6 Å². The molecule has 0 saturated heterocycles. The standard InChI is InChI=1S/C26H31ClN4O/c27-21-11-6-19(7-12-21)16-25(32)31-26-23(15-8-18-4-2-1-3-5-18)30-24(17-29-26)20-9-13-22(28)14-10-20/h6-7,9-14,17-18,25,32H,1-5,8,15-16,28H2,(H,29,31). The third-order valence-electron chi connectivity index (χ3n) is 6.21. The van der Waals surface area contributed by atoms with Gasteiger partial charge in [0.2, 0.25) is 0 Å². The molecule has 0 aliphatic heterocycles. The highest BCUT2D eigenvalue weighted by Crippen LogP contribution is 2.29. The van der Waals surface area contributed by atoms with Gasteiger partial charge >= 0.3 is 0 Å². The number of anilines is 2. The average molecular weight is 451 g/mol. The van der Waals surface area contributed by atoms with Crippen LogP contribution < -0.4 is 11.1 Å². The first-order chi connectivity index (χ1) is 15.6. The summed E-state index contributed by atoms with van der Waals surface area (Å²) < 4.78 is 0. The Morgan fingerprint density at radius 3 is 2.47 bits per heavy atom. The first-order valence-electron chi connectivity index (χ1n) is 11.5. The van der Waals surface area contributed by atoms with Crippen LogP contribution in [0.25, 0.3) is 11.3 Å². The van der Waals surface area contributed by atoms with E-state index in [0.717, 1.165) is 47.0 Å².